The van der Waals surface area contributed by atoms with Crippen LogP contribution < -0.4 is 5.69 Å². The Labute approximate surface area is 115 Å². The van der Waals surface area contributed by atoms with E-state index in [-0.39, 0.29) is 0 Å². The molecule has 1 aliphatic heterocycles. The third-order valence-electron chi connectivity index (χ3n) is 3.15. The molecule has 0 amide bonds. The number of hydrogen-bond donors (Lipinski definition) is 3. The Kier molecular flexibility index (Phi) is 4.29. The molecule has 1 aromatic heterocycles. The first-order valence-electron chi connectivity index (χ1n) is 6.20. The van der Waals surface area contributed by atoms with E-state index in [1.54, 1.807) is 13.8 Å². The van der Waals surface area contributed by atoms with Crippen LogP contribution in [0.1, 0.15) is 18.7 Å². The summed E-state index contributed by atoms with van der Waals surface area (Å²) in [6, 6.07) is 0. The monoisotopic (exact) mass is 283 g/mol. The third-order valence-corrected chi connectivity index (χ3v) is 3.15. The quantitative estimate of drug-likeness (QED) is 0.605. The van der Waals surface area contributed by atoms with Gasteiger partial charge in [-0.1, -0.05) is 0 Å². The predicted molar refractivity (Wildman–Crippen MR) is 70.1 cm³/mol. The van der Waals surface area contributed by atoms with Crippen molar-refractivity contribution in [3.8, 4) is 0 Å². The van der Waals surface area contributed by atoms with E-state index < -0.39 is 36.8 Å². The maximum absolute atomic E-state index is 11.9. The fourth-order valence-electron chi connectivity index (χ4n) is 2.10. The van der Waals surface area contributed by atoms with Crippen LogP contribution >= 0.6 is 0 Å². The Hall–Kier alpha value is -1.61. The molecule has 1 saturated heterocycles. The Morgan fingerprint density at radius 3 is 2.75 bits per heavy atom. The smallest absolute Gasteiger partial charge is 0.351 e. The summed E-state index contributed by atoms with van der Waals surface area (Å²) in [5.41, 5.74) is -0.0218. The van der Waals surface area contributed by atoms with Crippen LogP contribution in [0.25, 0.3) is 0 Å². The molecule has 0 spiro atoms. The van der Waals surface area contributed by atoms with E-state index >= 15 is 0 Å². The van der Waals surface area contributed by atoms with Gasteiger partial charge in [-0.15, -0.1) is 0 Å². The Morgan fingerprint density at radius 2 is 2.20 bits per heavy atom. The second-order valence-electron chi connectivity index (χ2n) is 4.55. The number of hydrogen-bond acceptors (Lipinski definition) is 7. The molecule has 2 rings (SSSR count). The summed E-state index contributed by atoms with van der Waals surface area (Å²) in [6.45, 7) is 2.97. The second-order valence-corrected chi connectivity index (χ2v) is 4.55. The van der Waals surface area contributed by atoms with E-state index in [1.165, 1.54) is 12.4 Å². The molecule has 0 aliphatic carbocycles. The standard InChI is InChI=1S/C12H17N3O5/c1-3-13-10-6(2)4-15(12(19)14-10)11-9(18)8(17)7(5-16)20-11/h3-4,7-9,11,16-18H,5H2,1-2H3/t7-,8-,9-,11+/m1/s1. The van der Waals surface area contributed by atoms with Crippen molar-refractivity contribution in [1.29, 1.82) is 0 Å². The SMILES string of the molecule is CC=Nc1nc(=O)n([C@H]2O[C@H](CO)[C@@H](O)[C@H]2O)cc1C. The molecule has 0 radical (unpaired) electrons. The van der Waals surface area contributed by atoms with E-state index in [1.807, 2.05) is 0 Å². The molecule has 110 valence electrons. The van der Waals surface area contributed by atoms with Crippen LogP contribution in [0.2, 0.25) is 0 Å². The van der Waals surface area contributed by atoms with Crippen LogP contribution in [0.5, 0.6) is 0 Å². The normalized spacial score (nSPS) is 30.2. The minimum atomic E-state index is -1.31. The van der Waals surface area contributed by atoms with E-state index in [0.717, 1.165) is 4.57 Å². The fourth-order valence-corrected chi connectivity index (χ4v) is 2.10. The number of nitrogens with zero attached hydrogens (tertiary/aromatic N) is 3. The van der Waals surface area contributed by atoms with Gasteiger partial charge in [0.15, 0.2) is 12.0 Å². The number of aliphatic hydroxyl groups is 3. The van der Waals surface area contributed by atoms with E-state index in [0.29, 0.717) is 11.4 Å². The molecule has 8 heteroatoms. The number of aromatic nitrogens is 2. The predicted octanol–water partition coefficient (Wildman–Crippen LogP) is -1.11. The molecular formula is C12H17N3O5. The van der Waals surface area contributed by atoms with Crippen LogP contribution in [0.3, 0.4) is 0 Å². The summed E-state index contributed by atoms with van der Waals surface area (Å²) in [4.78, 5) is 19.7. The van der Waals surface area contributed by atoms with Crippen LogP contribution in [-0.4, -0.2) is 56.0 Å². The molecule has 1 aromatic rings. The second kappa shape index (κ2) is 5.80. The summed E-state index contributed by atoms with van der Waals surface area (Å²) in [6.07, 6.45) is -1.61. The summed E-state index contributed by atoms with van der Waals surface area (Å²) < 4.78 is 6.38. The average Bonchev–Trinajstić information content (AvgIpc) is 2.70. The zero-order chi connectivity index (χ0) is 14.9. The zero-order valence-corrected chi connectivity index (χ0v) is 11.2. The minimum Gasteiger partial charge on any atom is -0.394 e. The van der Waals surface area contributed by atoms with Gasteiger partial charge >= 0.3 is 5.69 Å². The molecule has 2 heterocycles. The number of ether oxygens (including phenoxy) is 1. The number of aliphatic hydroxyl groups excluding tert-OH is 3. The molecule has 1 aliphatic rings. The number of rotatable bonds is 3. The topological polar surface area (TPSA) is 117 Å². The zero-order valence-electron chi connectivity index (χ0n) is 11.2. The van der Waals surface area contributed by atoms with Crippen molar-refractivity contribution in [3.05, 3.63) is 22.2 Å². The molecule has 0 unspecified atom stereocenters. The lowest BCUT2D eigenvalue weighted by atomic mass is 10.1. The van der Waals surface area contributed by atoms with Gasteiger partial charge in [0.2, 0.25) is 0 Å². The van der Waals surface area contributed by atoms with Gasteiger partial charge in [-0.25, -0.2) is 9.79 Å². The Bertz CT molecular complexity index is 571. The first-order chi connectivity index (χ1) is 9.49. The highest BCUT2D eigenvalue weighted by Crippen LogP contribution is 2.28. The van der Waals surface area contributed by atoms with Crippen molar-refractivity contribution in [2.75, 3.05) is 6.61 Å². The average molecular weight is 283 g/mol. The van der Waals surface area contributed by atoms with Crippen LogP contribution in [0.4, 0.5) is 5.82 Å². The van der Waals surface area contributed by atoms with Crippen molar-refractivity contribution >= 4 is 12.0 Å². The van der Waals surface area contributed by atoms with Crippen LogP contribution in [0, 0.1) is 6.92 Å². The highest BCUT2D eigenvalue weighted by atomic mass is 16.6. The van der Waals surface area contributed by atoms with Crippen LogP contribution in [0.15, 0.2) is 16.0 Å². The van der Waals surface area contributed by atoms with Gasteiger partial charge in [0.1, 0.15) is 18.3 Å². The lowest BCUT2D eigenvalue weighted by Gasteiger charge is -2.17. The molecule has 4 atom stereocenters. The van der Waals surface area contributed by atoms with Gasteiger partial charge in [-0.3, -0.25) is 4.57 Å². The first-order valence-corrected chi connectivity index (χ1v) is 6.20. The largest absolute Gasteiger partial charge is 0.394 e. The summed E-state index contributed by atoms with van der Waals surface area (Å²) in [5.74, 6) is 0.292. The highest BCUT2D eigenvalue weighted by Gasteiger charge is 2.43. The Balaban J connectivity index is 2.39. The minimum absolute atomic E-state index is 0.292. The van der Waals surface area contributed by atoms with Gasteiger partial charge in [0, 0.05) is 18.0 Å². The van der Waals surface area contributed by atoms with Crippen LogP contribution in [-0.2, 0) is 4.74 Å². The van der Waals surface area contributed by atoms with Gasteiger partial charge in [-0.05, 0) is 13.8 Å². The van der Waals surface area contributed by atoms with Gasteiger partial charge in [0.25, 0.3) is 0 Å². The molecule has 0 aromatic carbocycles. The molecule has 20 heavy (non-hydrogen) atoms. The van der Waals surface area contributed by atoms with Gasteiger partial charge in [-0.2, -0.15) is 4.98 Å². The maximum atomic E-state index is 11.9. The molecule has 0 saturated carbocycles. The molecule has 8 nitrogen and oxygen atoms in total. The maximum Gasteiger partial charge on any atom is 0.351 e. The molecular weight excluding hydrogens is 266 g/mol. The van der Waals surface area contributed by atoms with Crippen molar-refractivity contribution in [2.45, 2.75) is 38.4 Å². The van der Waals surface area contributed by atoms with E-state index in [2.05, 4.69) is 9.98 Å². The molecule has 0 bridgehead atoms. The Morgan fingerprint density at radius 1 is 1.50 bits per heavy atom. The van der Waals surface area contributed by atoms with E-state index in [9.17, 15) is 15.0 Å². The number of aliphatic imine (C=N–C) groups is 1. The fraction of sp³-hybridized carbons (Fsp3) is 0.583. The summed E-state index contributed by atoms with van der Waals surface area (Å²) in [7, 11) is 0. The number of aryl methyl sites for hydroxylation is 1. The van der Waals surface area contributed by atoms with Gasteiger partial charge in [0.05, 0.1) is 6.61 Å². The van der Waals surface area contributed by atoms with E-state index in [4.69, 9.17) is 9.84 Å². The highest BCUT2D eigenvalue weighted by molar-refractivity contribution is 5.59. The van der Waals surface area contributed by atoms with Crippen molar-refractivity contribution in [2.24, 2.45) is 4.99 Å². The summed E-state index contributed by atoms with van der Waals surface area (Å²) >= 11 is 0. The lowest BCUT2D eigenvalue weighted by Crippen LogP contribution is -2.36. The first kappa shape index (κ1) is 14.8. The summed E-state index contributed by atoms with van der Waals surface area (Å²) in [5, 5.41) is 28.6. The molecule has 3 N–H and O–H groups in total. The molecule has 1 fully saturated rings. The lowest BCUT2D eigenvalue weighted by molar-refractivity contribution is -0.0550. The van der Waals surface area contributed by atoms with Crippen molar-refractivity contribution in [3.63, 3.8) is 0 Å². The van der Waals surface area contributed by atoms with Gasteiger partial charge < -0.3 is 20.1 Å². The third kappa shape index (κ3) is 2.50. The van der Waals surface area contributed by atoms with Crippen molar-refractivity contribution in [1.82, 2.24) is 9.55 Å². The van der Waals surface area contributed by atoms with Crippen molar-refractivity contribution < 1.29 is 20.1 Å².